The van der Waals surface area contributed by atoms with Crippen LogP contribution in [0, 0.1) is 0 Å². The number of rotatable bonds is 5. The second kappa shape index (κ2) is 7.87. The highest BCUT2D eigenvalue weighted by Crippen LogP contribution is 2.26. The summed E-state index contributed by atoms with van der Waals surface area (Å²) in [6, 6.07) is 15.9. The number of carbonyl (C=O) groups excluding carboxylic acids is 1. The van der Waals surface area contributed by atoms with Crippen LogP contribution in [0.25, 0.3) is 33.7 Å². The van der Waals surface area contributed by atoms with Crippen molar-refractivity contribution in [3.63, 3.8) is 0 Å². The van der Waals surface area contributed by atoms with Gasteiger partial charge in [0.1, 0.15) is 5.65 Å². The molecule has 7 heteroatoms. The van der Waals surface area contributed by atoms with Gasteiger partial charge in [0.05, 0.1) is 23.1 Å². The number of benzene rings is 1. The van der Waals surface area contributed by atoms with Gasteiger partial charge in [-0.1, -0.05) is 12.1 Å². The van der Waals surface area contributed by atoms with E-state index in [1.165, 1.54) is 0 Å². The van der Waals surface area contributed by atoms with Crippen molar-refractivity contribution in [2.45, 2.75) is 6.92 Å². The fourth-order valence-corrected chi connectivity index (χ4v) is 3.59. The van der Waals surface area contributed by atoms with Crippen molar-refractivity contribution in [2.75, 3.05) is 6.54 Å². The van der Waals surface area contributed by atoms with Crippen LogP contribution >= 0.6 is 0 Å². The molecule has 1 amide bonds. The van der Waals surface area contributed by atoms with Crippen molar-refractivity contribution >= 4 is 11.6 Å². The average Bonchev–Trinajstić information content (AvgIpc) is 3.49. The lowest BCUT2D eigenvalue weighted by atomic mass is 10.1. The van der Waals surface area contributed by atoms with Crippen LogP contribution in [0.3, 0.4) is 0 Å². The topological polar surface area (TPSA) is 77.1 Å². The highest BCUT2D eigenvalue weighted by atomic mass is 16.1. The maximum Gasteiger partial charge on any atom is 0.252 e. The quantitative estimate of drug-likeness (QED) is 0.477. The predicted octanol–water partition coefficient (Wildman–Crippen LogP) is 4.00. The molecule has 0 spiro atoms. The van der Waals surface area contributed by atoms with Crippen molar-refractivity contribution in [2.24, 2.45) is 0 Å². The molecule has 1 N–H and O–H groups in total. The molecule has 0 saturated carbocycles. The zero-order valence-electron chi connectivity index (χ0n) is 16.9. The van der Waals surface area contributed by atoms with E-state index in [0.29, 0.717) is 12.1 Å². The molecule has 5 aromatic rings. The monoisotopic (exact) mass is 408 g/mol. The molecule has 4 heterocycles. The number of aromatic nitrogens is 5. The van der Waals surface area contributed by atoms with E-state index in [0.717, 1.165) is 33.7 Å². The Morgan fingerprint density at radius 1 is 0.968 bits per heavy atom. The lowest BCUT2D eigenvalue weighted by Gasteiger charge is -2.08. The zero-order chi connectivity index (χ0) is 21.2. The van der Waals surface area contributed by atoms with Gasteiger partial charge >= 0.3 is 0 Å². The predicted molar refractivity (Wildman–Crippen MR) is 119 cm³/mol. The maximum absolute atomic E-state index is 12.1. The van der Waals surface area contributed by atoms with Crippen LogP contribution in [-0.4, -0.2) is 36.6 Å². The second-order valence-electron chi connectivity index (χ2n) is 7.11. The fourth-order valence-electron chi connectivity index (χ4n) is 3.59. The van der Waals surface area contributed by atoms with Gasteiger partial charge in [0.2, 0.25) is 0 Å². The maximum atomic E-state index is 12.1. The smallest absolute Gasteiger partial charge is 0.252 e. The van der Waals surface area contributed by atoms with Crippen LogP contribution < -0.4 is 5.32 Å². The molecular formula is C24H20N6O. The van der Waals surface area contributed by atoms with Gasteiger partial charge in [0.15, 0.2) is 0 Å². The van der Waals surface area contributed by atoms with Gasteiger partial charge in [-0.3, -0.25) is 14.2 Å². The van der Waals surface area contributed by atoms with Crippen molar-refractivity contribution in [3.8, 4) is 28.1 Å². The van der Waals surface area contributed by atoms with Crippen molar-refractivity contribution in [1.29, 1.82) is 0 Å². The molecule has 0 atom stereocenters. The van der Waals surface area contributed by atoms with Gasteiger partial charge in [-0.05, 0) is 48.9 Å². The van der Waals surface area contributed by atoms with Crippen LogP contribution in [0.15, 0.2) is 85.7 Å². The summed E-state index contributed by atoms with van der Waals surface area (Å²) in [5, 5.41) is 7.11. The van der Waals surface area contributed by atoms with Gasteiger partial charge < -0.3 is 5.32 Å². The van der Waals surface area contributed by atoms with Gasteiger partial charge in [-0.25, -0.2) is 9.67 Å². The second-order valence-corrected chi connectivity index (χ2v) is 7.11. The first-order valence-electron chi connectivity index (χ1n) is 10.0. The Morgan fingerprint density at radius 2 is 1.90 bits per heavy atom. The number of pyridine rings is 2. The molecular weight excluding hydrogens is 388 g/mol. The lowest BCUT2D eigenvalue weighted by molar-refractivity contribution is 0.0955. The summed E-state index contributed by atoms with van der Waals surface area (Å²) in [6.07, 6.45) is 10.9. The van der Waals surface area contributed by atoms with Crippen LogP contribution in [0.4, 0.5) is 0 Å². The number of hydrogen-bond acceptors (Lipinski definition) is 4. The van der Waals surface area contributed by atoms with E-state index in [1.807, 2.05) is 71.0 Å². The minimum atomic E-state index is -0.127. The first-order chi connectivity index (χ1) is 15.2. The van der Waals surface area contributed by atoms with Crippen molar-refractivity contribution in [3.05, 3.63) is 91.3 Å². The Balaban J connectivity index is 1.51. The summed E-state index contributed by atoms with van der Waals surface area (Å²) >= 11 is 0. The summed E-state index contributed by atoms with van der Waals surface area (Å²) in [6.45, 7) is 2.47. The molecule has 0 saturated heterocycles. The Labute approximate surface area is 179 Å². The number of fused-ring (bicyclic) bond motifs is 1. The number of hydrogen-bond donors (Lipinski definition) is 1. The third kappa shape index (κ3) is 3.57. The van der Waals surface area contributed by atoms with Crippen LogP contribution in [0.1, 0.15) is 17.3 Å². The van der Waals surface area contributed by atoms with Gasteiger partial charge in [-0.2, -0.15) is 5.10 Å². The van der Waals surface area contributed by atoms with Crippen LogP contribution in [0.2, 0.25) is 0 Å². The number of imidazole rings is 1. The summed E-state index contributed by atoms with van der Waals surface area (Å²) in [5.74, 6) is -0.127. The Bertz CT molecular complexity index is 1370. The number of nitrogens with zero attached hydrogens (tertiary/aromatic N) is 5. The third-order valence-corrected chi connectivity index (χ3v) is 5.10. The molecule has 0 radical (unpaired) electrons. The van der Waals surface area contributed by atoms with E-state index in [2.05, 4.69) is 32.5 Å². The Hall–Kier alpha value is -4.26. The van der Waals surface area contributed by atoms with E-state index in [-0.39, 0.29) is 5.91 Å². The van der Waals surface area contributed by atoms with E-state index in [9.17, 15) is 4.79 Å². The Morgan fingerprint density at radius 3 is 2.74 bits per heavy atom. The summed E-state index contributed by atoms with van der Waals surface area (Å²) < 4.78 is 3.88. The van der Waals surface area contributed by atoms with E-state index < -0.39 is 0 Å². The van der Waals surface area contributed by atoms with Gasteiger partial charge in [0.25, 0.3) is 5.91 Å². The average molecular weight is 408 g/mol. The number of nitrogens with one attached hydrogen (secondary N) is 1. The molecule has 0 fully saturated rings. The summed E-state index contributed by atoms with van der Waals surface area (Å²) in [7, 11) is 0. The fraction of sp³-hybridized carbons (Fsp3) is 0.0833. The molecule has 31 heavy (non-hydrogen) atoms. The number of amides is 1. The first kappa shape index (κ1) is 18.7. The molecule has 5 rings (SSSR count). The molecule has 0 unspecified atom stereocenters. The largest absolute Gasteiger partial charge is 0.352 e. The standard InChI is InChI=1S/C24H20N6O/c1-2-26-24(31)20-11-19(14-25-15-20)17-7-10-29-22(16-27-23(29)13-17)18-5-3-6-21(12-18)30-9-4-8-28-30/h3-16H,2H2,1H3,(H,26,31). The summed E-state index contributed by atoms with van der Waals surface area (Å²) in [5.41, 5.74) is 6.21. The molecule has 4 aromatic heterocycles. The summed E-state index contributed by atoms with van der Waals surface area (Å²) in [4.78, 5) is 21.0. The minimum Gasteiger partial charge on any atom is -0.352 e. The molecule has 0 aliphatic rings. The van der Waals surface area contributed by atoms with Crippen LogP contribution in [0.5, 0.6) is 0 Å². The van der Waals surface area contributed by atoms with Gasteiger partial charge in [-0.15, -0.1) is 0 Å². The molecule has 152 valence electrons. The lowest BCUT2D eigenvalue weighted by Crippen LogP contribution is -2.22. The number of carbonyl (C=O) groups is 1. The van der Waals surface area contributed by atoms with Crippen molar-refractivity contribution in [1.82, 2.24) is 29.5 Å². The van der Waals surface area contributed by atoms with Gasteiger partial charge in [0, 0.05) is 48.7 Å². The molecule has 1 aromatic carbocycles. The van der Waals surface area contributed by atoms with E-state index >= 15 is 0 Å². The molecule has 0 bridgehead atoms. The minimum absolute atomic E-state index is 0.127. The van der Waals surface area contributed by atoms with E-state index in [1.54, 1.807) is 18.6 Å². The van der Waals surface area contributed by atoms with Crippen molar-refractivity contribution < 1.29 is 4.79 Å². The highest BCUT2D eigenvalue weighted by Gasteiger charge is 2.11. The highest BCUT2D eigenvalue weighted by molar-refractivity contribution is 5.95. The molecule has 0 aliphatic carbocycles. The molecule has 7 nitrogen and oxygen atoms in total. The zero-order valence-corrected chi connectivity index (χ0v) is 16.9. The van der Waals surface area contributed by atoms with Crippen LogP contribution in [-0.2, 0) is 0 Å². The Kier molecular flexibility index (Phi) is 4.76. The SMILES string of the molecule is CCNC(=O)c1cncc(-c2ccn3c(-c4cccc(-n5cccn5)c4)cnc3c2)c1. The van der Waals surface area contributed by atoms with E-state index in [4.69, 9.17) is 0 Å². The third-order valence-electron chi connectivity index (χ3n) is 5.10. The molecule has 0 aliphatic heterocycles. The normalized spacial score (nSPS) is 11.0. The first-order valence-corrected chi connectivity index (χ1v) is 10.0.